The van der Waals surface area contributed by atoms with Crippen molar-refractivity contribution in [2.45, 2.75) is 40.8 Å². The lowest BCUT2D eigenvalue weighted by Crippen LogP contribution is -2.30. The van der Waals surface area contributed by atoms with Crippen molar-refractivity contribution < 1.29 is 14.5 Å². The minimum atomic E-state index is -0.546. The summed E-state index contributed by atoms with van der Waals surface area (Å²) in [6.45, 7) is 8.72. The van der Waals surface area contributed by atoms with Crippen molar-refractivity contribution >= 4 is 23.2 Å². The molecule has 11 heteroatoms. The number of hydrogen-bond acceptors (Lipinski definition) is 6. The second kappa shape index (κ2) is 9.11. The second-order valence-corrected chi connectivity index (χ2v) is 6.92. The molecule has 0 fully saturated rings. The third kappa shape index (κ3) is 5.38. The van der Waals surface area contributed by atoms with Crippen LogP contribution in [-0.4, -0.2) is 42.8 Å². The standard InChI is InChI=1S/C17H25N7O4/c1-5-22-10-14(15(21-22)17(26)18-6-11(2)3)20-16(25)12(4)8-23-9-13(7-19-23)24(27)28/h7,9-12H,5-6,8H2,1-4H3,(H,18,26)(H,20,25). The molecule has 2 heterocycles. The normalized spacial score (nSPS) is 12.0. The largest absolute Gasteiger partial charge is 0.350 e. The Morgan fingerprint density at radius 2 is 1.96 bits per heavy atom. The molecule has 0 bridgehead atoms. The van der Waals surface area contributed by atoms with E-state index >= 15 is 0 Å². The van der Waals surface area contributed by atoms with Crippen molar-refractivity contribution in [1.29, 1.82) is 0 Å². The van der Waals surface area contributed by atoms with Crippen molar-refractivity contribution in [2.75, 3.05) is 11.9 Å². The summed E-state index contributed by atoms with van der Waals surface area (Å²) < 4.78 is 2.91. The van der Waals surface area contributed by atoms with Gasteiger partial charge in [-0.1, -0.05) is 20.8 Å². The van der Waals surface area contributed by atoms with Crippen LogP contribution in [0.25, 0.3) is 0 Å². The molecule has 0 saturated heterocycles. The van der Waals surface area contributed by atoms with Crippen LogP contribution in [0.4, 0.5) is 11.4 Å². The molecule has 2 amide bonds. The molecule has 1 unspecified atom stereocenters. The maximum absolute atomic E-state index is 12.5. The zero-order valence-electron chi connectivity index (χ0n) is 16.4. The van der Waals surface area contributed by atoms with Crippen LogP contribution in [0.5, 0.6) is 0 Å². The van der Waals surface area contributed by atoms with E-state index in [1.807, 2.05) is 20.8 Å². The quantitative estimate of drug-likeness (QED) is 0.493. The summed E-state index contributed by atoms with van der Waals surface area (Å²) in [6, 6.07) is 0. The van der Waals surface area contributed by atoms with Gasteiger partial charge in [-0.3, -0.25) is 29.1 Å². The topological polar surface area (TPSA) is 137 Å². The molecule has 11 nitrogen and oxygen atoms in total. The van der Waals surface area contributed by atoms with E-state index < -0.39 is 10.8 Å². The minimum Gasteiger partial charge on any atom is -0.350 e. The predicted molar refractivity (Wildman–Crippen MR) is 102 cm³/mol. The Morgan fingerprint density at radius 3 is 2.54 bits per heavy atom. The van der Waals surface area contributed by atoms with E-state index in [4.69, 9.17) is 0 Å². The van der Waals surface area contributed by atoms with Crippen LogP contribution in [0.1, 0.15) is 38.2 Å². The van der Waals surface area contributed by atoms with Gasteiger partial charge in [0.2, 0.25) is 5.91 Å². The maximum atomic E-state index is 12.5. The zero-order valence-corrected chi connectivity index (χ0v) is 16.4. The first-order valence-corrected chi connectivity index (χ1v) is 9.04. The van der Waals surface area contributed by atoms with Gasteiger partial charge < -0.3 is 10.6 Å². The highest BCUT2D eigenvalue weighted by Gasteiger charge is 2.22. The Kier molecular flexibility index (Phi) is 6.85. The first-order chi connectivity index (χ1) is 13.2. The van der Waals surface area contributed by atoms with Gasteiger partial charge in [-0.15, -0.1) is 0 Å². The summed E-state index contributed by atoms with van der Waals surface area (Å²) in [5.41, 5.74) is 0.338. The molecular weight excluding hydrogens is 366 g/mol. The van der Waals surface area contributed by atoms with Gasteiger partial charge in [-0.25, -0.2) is 0 Å². The van der Waals surface area contributed by atoms with E-state index in [-0.39, 0.29) is 35.7 Å². The second-order valence-electron chi connectivity index (χ2n) is 6.92. The predicted octanol–water partition coefficient (Wildman–Crippen LogP) is 1.67. The van der Waals surface area contributed by atoms with Crippen LogP contribution in [0, 0.1) is 22.0 Å². The molecule has 0 aromatic carbocycles. The van der Waals surface area contributed by atoms with E-state index in [9.17, 15) is 19.7 Å². The summed E-state index contributed by atoms with van der Waals surface area (Å²) in [5.74, 6) is -0.942. The molecule has 1 atom stereocenters. The lowest BCUT2D eigenvalue weighted by Gasteiger charge is -2.12. The van der Waals surface area contributed by atoms with Gasteiger partial charge >= 0.3 is 5.69 Å². The van der Waals surface area contributed by atoms with Crippen molar-refractivity contribution in [2.24, 2.45) is 11.8 Å². The maximum Gasteiger partial charge on any atom is 0.306 e. The molecule has 0 aliphatic heterocycles. The molecule has 28 heavy (non-hydrogen) atoms. The molecule has 0 aliphatic rings. The van der Waals surface area contributed by atoms with Gasteiger partial charge in [0.05, 0.1) is 23.1 Å². The Labute approximate surface area is 162 Å². The lowest BCUT2D eigenvalue weighted by atomic mass is 10.1. The highest BCUT2D eigenvalue weighted by molar-refractivity contribution is 6.02. The Hall–Kier alpha value is -3.24. The first-order valence-electron chi connectivity index (χ1n) is 9.04. The number of rotatable bonds is 9. The first kappa shape index (κ1) is 21.1. The summed E-state index contributed by atoms with van der Waals surface area (Å²) in [7, 11) is 0. The molecule has 2 aromatic heterocycles. The summed E-state index contributed by atoms with van der Waals surface area (Å²) in [4.78, 5) is 35.1. The zero-order chi connectivity index (χ0) is 20.8. The number of nitro groups is 1. The average molecular weight is 391 g/mol. The summed E-state index contributed by atoms with van der Waals surface area (Å²) in [6.07, 6.45) is 4.00. The van der Waals surface area contributed by atoms with Crippen LogP contribution in [-0.2, 0) is 17.9 Å². The molecule has 2 aromatic rings. The Morgan fingerprint density at radius 1 is 1.25 bits per heavy atom. The molecule has 2 rings (SSSR count). The Bertz CT molecular complexity index is 856. The molecule has 152 valence electrons. The molecule has 0 aliphatic carbocycles. The van der Waals surface area contributed by atoms with Crippen molar-refractivity contribution in [1.82, 2.24) is 24.9 Å². The van der Waals surface area contributed by atoms with Crippen LogP contribution < -0.4 is 10.6 Å². The van der Waals surface area contributed by atoms with Crippen molar-refractivity contribution in [3.63, 3.8) is 0 Å². The van der Waals surface area contributed by atoms with Crippen LogP contribution in [0.15, 0.2) is 18.6 Å². The van der Waals surface area contributed by atoms with Crippen LogP contribution >= 0.6 is 0 Å². The number of anilines is 1. The smallest absolute Gasteiger partial charge is 0.306 e. The minimum absolute atomic E-state index is 0.138. The summed E-state index contributed by atoms with van der Waals surface area (Å²) >= 11 is 0. The highest BCUT2D eigenvalue weighted by atomic mass is 16.6. The number of nitrogens with zero attached hydrogens (tertiary/aromatic N) is 5. The highest BCUT2D eigenvalue weighted by Crippen LogP contribution is 2.16. The third-order valence-electron chi connectivity index (χ3n) is 3.97. The van der Waals surface area contributed by atoms with Crippen molar-refractivity contribution in [3.05, 3.63) is 34.4 Å². The third-order valence-corrected chi connectivity index (χ3v) is 3.97. The van der Waals surface area contributed by atoms with Gasteiger partial charge in [-0.2, -0.15) is 10.2 Å². The van der Waals surface area contributed by atoms with E-state index in [1.54, 1.807) is 17.8 Å². The molecule has 0 radical (unpaired) electrons. The molecule has 2 N–H and O–H groups in total. The number of nitrogens with one attached hydrogen (secondary N) is 2. The Balaban J connectivity index is 2.07. The lowest BCUT2D eigenvalue weighted by molar-refractivity contribution is -0.385. The van der Waals surface area contributed by atoms with Gasteiger partial charge in [0.25, 0.3) is 5.91 Å². The van der Waals surface area contributed by atoms with Crippen LogP contribution in [0.2, 0.25) is 0 Å². The van der Waals surface area contributed by atoms with Gasteiger partial charge in [-0.05, 0) is 12.8 Å². The number of carbonyl (C=O) groups excluding carboxylic acids is 2. The fraction of sp³-hybridized carbons (Fsp3) is 0.529. The van der Waals surface area contributed by atoms with Gasteiger partial charge in [0.15, 0.2) is 5.69 Å². The van der Waals surface area contributed by atoms with E-state index in [2.05, 4.69) is 20.8 Å². The number of aromatic nitrogens is 4. The molecule has 0 spiro atoms. The number of hydrogen-bond donors (Lipinski definition) is 2. The van der Waals surface area contributed by atoms with Crippen molar-refractivity contribution in [3.8, 4) is 0 Å². The van der Waals surface area contributed by atoms with E-state index in [0.29, 0.717) is 18.8 Å². The van der Waals surface area contributed by atoms with Crippen LogP contribution in [0.3, 0.4) is 0 Å². The van der Waals surface area contributed by atoms with Gasteiger partial charge in [0.1, 0.15) is 12.4 Å². The van der Waals surface area contributed by atoms with E-state index in [0.717, 1.165) is 6.20 Å². The molecule has 0 saturated carbocycles. The fourth-order valence-corrected chi connectivity index (χ4v) is 2.39. The number of carbonyl (C=O) groups is 2. The van der Waals surface area contributed by atoms with E-state index in [1.165, 1.54) is 10.9 Å². The fourth-order valence-electron chi connectivity index (χ4n) is 2.39. The number of aryl methyl sites for hydroxylation is 1. The summed E-state index contributed by atoms with van der Waals surface area (Å²) in [5, 5.41) is 24.3. The SMILES string of the molecule is CCn1cc(NC(=O)C(C)Cn2cc([N+](=O)[O-])cn2)c(C(=O)NCC(C)C)n1. The molecular formula is C17H25N7O4. The van der Waals surface area contributed by atoms with Gasteiger partial charge in [0, 0.05) is 19.3 Å². The monoisotopic (exact) mass is 391 g/mol. The number of amides is 2. The average Bonchev–Trinajstić information content (AvgIpc) is 3.26.